The Morgan fingerprint density at radius 3 is 2.79 bits per heavy atom. The van der Waals surface area contributed by atoms with Crippen molar-refractivity contribution in [1.29, 1.82) is 0 Å². The van der Waals surface area contributed by atoms with Gasteiger partial charge in [0, 0.05) is 24.1 Å². The van der Waals surface area contributed by atoms with Gasteiger partial charge in [-0.15, -0.1) is 0 Å². The van der Waals surface area contributed by atoms with E-state index in [1.54, 1.807) is 6.07 Å². The van der Waals surface area contributed by atoms with Gasteiger partial charge in [0.15, 0.2) is 0 Å². The first-order chi connectivity index (χ1) is 6.72. The molecule has 0 aliphatic heterocycles. The molecule has 14 heavy (non-hydrogen) atoms. The van der Waals surface area contributed by atoms with Gasteiger partial charge in [-0.1, -0.05) is 15.9 Å². The fourth-order valence-corrected chi connectivity index (χ4v) is 2.11. The molecular weight excluding hydrogens is 245 g/mol. The number of rotatable bonds is 3. The van der Waals surface area contributed by atoms with Gasteiger partial charge in [-0.2, -0.15) is 0 Å². The van der Waals surface area contributed by atoms with E-state index in [0.717, 1.165) is 11.3 Å². The summed E-state index contributed by atoms with van der Waals surface area (Å²) in [5, 5.41) is 0.706. The number of hydrogen-bond acceptors (Lipinski definition) is 1. The molecule has 0 unspecified atom stereocenters. The molecule has 1 aromatic carbocycles. The molecule has 1 aliphatic carbocycles. The zero-order valence-corrected chi connectivity index (χ0v) is 9.72. The quantitative estimate of drug-likeness (QED) is 0.752. The minimum absolute atomic E-state index is 0.160. The summed E-state index contributed by atoms with van der Waals surface area (Å²) in [6.45, 7) is 0. The van der Waals surface area contributed by atoms with Crippen LogP contribution in [-0.2, 0) is 5.33 Å². The number of benzene rings is 1. The van der Waals surface area contributed by atoms with Gasteiger partial charge in [-0.25, -0.2) is 4.39 Å². The summed E-state index contributed by atoms with van der Waals surface area (Å²) in [5.74, 6) is -0.160. The SMILES string of the molecule is CN(c1ccc(F)cc1CBr)C1CC1. The van der Waals surface area contributed by atoms with Crippen LogP contribution in [-0.4, -0.2) is 13.1 Å². The summed E-state index contributed by atoms with van der Waals surface area (Å²) in [5.41, 5.74) is 2.17. The summed E-state index contributed by atoms with van der Waals surface area (Å²) in [4.78, 5) is 2.25. The summed E-state index contributed by atoms with van der Waals surface area (Å²) in [6, 6.07) is 5.66. The second kappa shape index (κ2) is 3.89. The third kappa shape index (κ3) is 1.92. The number of alkyl halides is 1. The van der Waals surface area contributed by atoms with Gasteiger partial charge in [0.2, 0.25) is 0 Å². The summed E-state index contributed by atoms with van der Waals surface area (Å²) in [7, 11) is 2.08. The van der Waals surface area contributed by atoms with Gasteiger partial charge in [0.1, 0.15) is 5.82 Å². The maximum Gasteiger partial charge on any atom is 0.123 e. The lowest BCUT2D eigenvalue weighted by Crippen LogP contribution is -2.20. The average molecular weight is 258 g/mol. The van der Waals surface area contributed by atoms with Crippen LogP contribution in [0.25, 0.3) is 0 Å². The monoisotopic (exact) mass is 257 g/mol. The Balaban J connectivity index is 2.30. The molecule has 0 atom stereocenters. The molecule has 0 bridgehead atoms. The highest BCUT2D eigenvalue weighted by Crippen LogP contribution is 2.33. The Bertz CT molecular complexity index is 336. The lowest BCUT2D eigenvalue weighted by molar-refractivity contribution is 0.626. The summed E-state index contributed by atoms with van der Waals surface area (Å²) < 4.78 is 13.0. The van der Waals surface area contributed by atoms with Crippen molar-refractivity contribution < 1.29 is 4.39 Å². The van der Waals surface area contributed by atoms with Crippen LogP contribution in [0, 0.1) is 5.82 Å². The molecule has 0 spiro atoms. The standard InChI is InChI=1S/C11H13BrFN/c1-14(10-3-4-10)11-5-2-9(13)6-8(11)7-12/h2,5-6,10H,3-4,7H2,1H3. The zero-order valence-electron chi connectivity index (χ0n) is 8.13. The fourth-order valence-electron chi connectivity index (χ4n) is 1.66. The van der Waals surface area contributed by atoms with Crippen LogP contribution in [0.15, 0.2) is 18.2 Å². The topological polar surface area (TPSA) is 3.24 Å². The van der Waals surface area contributed by atoms with Gasteiger partial charge in [-0.05, 0) is 36.6 Å². The van der Waals surface area contributed by atoms with Crippen LogP contribution < -0.4 is 4.90 Å². The maximum absolute atomic E-state index is 13.0. The predicted octanol–water partition coefficient (Wildman–Crippen LogP) is 3.32. The van der Waals surface area contributed by atoms with E-state index >= 15 is 0 Å². The van der Waals surface area contributed by atoms with E-state index in [1.165, 1.54) is 18.9 Å². The Morgan fingerprint density at radius 2 is 2.21 bits per heavy atom. The maximum atomic E-state index is 13.0. The van der Waals surface area contributed by atoms with E-state index in [4.69, 9.17) is 0 Å². The van der Waals surface area contributed by atoms with Crippen LogP contribution in [0.4, 0.5) is 10.1 Å². The molecule has 1 saturated carbocycles. The summed E-state index contributed by atoms with van der Waals surface area (Å²) >= 11 is 3.39. The molecule has 0 heterocycles. The lowest BCUT2D eigenvalue weighted by atomic mass is 10.2. The highest BCUT2D eigenvalue weighted by Gasteiger charge is 2.27. The molecule has 3 heteroatoms. The second-order valence-electron chi connectivity index (χ2n) is 3.75. The third-order valence-corrected chi connectivity index (χ3v) is 3.26. The molecule has 0 radical (unpaired) electrons. The number of hydrogen-bond donors (Lipinski definition) is 0. The van der Waals surface area contributed by atoms with Gasteiger partial charge in [0.05, 0.1) is 0 Å². The third-order valence-electron chi connectivity index (χ3n) is 2.66. The van der Waals surface area contributed by atoms with Gasteiger partial charge >= 0.3 is 0 Å². The van der Waals surface area contributed by atoms with E-state index in [0.29, 0.717) is 11.4 Å². The second-order valence-corrected chi connectivity index (χ2v) is 4.31. The van der Waals surface area contributed by atoms with E-state index in [2.05, 4.69) is 27.9 Å². The Hall–Kier alpha value is -0.570. The van der Waals surface area contributed by atoms with Crippen molar-refractivity contribution in [3.63, 3.8) is 0 Å². The van der Waals surface area contributed by atoms with Crippen LogP contribution in [0.3, 0.4) is 0 Å². The number of nitrogens with zero attached hydrogens (tertiary/aromatic N) is 1. The van der Waals surface area contributed by atoms with Crippen LogP contribution >= 0.6 is 15.9 Å². The van der Waals surface area contributed by atoms with Crippen molar-refractivity contribution >= 4 is 21.6 Å². The molecule has 1 fully saturated rings. The molecule has 1 aliphatic rings. The smallest absolute Gasteiger partial charge is 0.123 e. The van der Waals surface area contributed by atoms with Crippen LogP contribution in [0.2, 0.25) is 0 Å². The van der Waals surface area contributed by atoms with E-state index < -0.39 is 0 Å². The largest absolute Gasteiger partial charge is 0.371 e. The molecule has 0 N–H and O–H groups in total. The normalized spacial score (nSPS) is 15.6. The van der Waals surface area contributed by atoms with Crippen molar-refractivity contribution in [1.82, 2.24) is 0 Å². The van der Waals surface area contributed by atoms with Gasteiger partial charge in [0.25, 0.3) is 0 Å². The first-order valence-electron chi connectivity index (χ1n) is 4.79. The number of anilines is 1. The first-order valence-corrected chi connectivity index (χ1v) is 5.91. The minimum Gasteiger partial charge on any atom is -0.371 e. The Kier molecular flexibility index (Phi) is 2.77. The van der Waals surface area contributed by atoms with Crippen molar-refractivity contribution in [2.45, 2.75) is 24.2 Å². The van der Waals surface area contributed by atoms with Crippen molar-refractivity contribution in [2.24, 2.45) is 0 Å². The molecule has 1 nitrogen and oxygen atoms in total. The Labute approximate surface area is 92.0 Å². The number of halogens is 2. The van der Waals surface area contributed by atoms with Gasteiger partial charge in [-0.3, -0.25) is 0 Å². The van der Waals surface area contributed by atoms with Crippen LogP contribution in [0.5, 0.6) is 0 Å². The van der Waals surface area contributed by atoms with Gasteiger partial charge < -0.3 is 4.90 Å². The zero-order chi connectivity index (χ0) is 10.1. The van der Waals surface area contributed by atoms with E-state index in [-0.39, 0.29) is 5.82 Å². The van der Waals surface area contributed by atoms with Crippen LogP contribution in [0.1, 0.15) is 18.4 Å². The highest BCUT2D eigenvalue weighted by atomic mass is 79.9. The fraction of sp³-hybridized carbons (Fsp3) is 0.455. The highest BCUT2D eigenvalue weighted by molar-refractivity contribution is 9.08. The molecule has 2 rings (SSSR count). The predicted molar refractivity (Wildman–Crippen MR) is 60.5 cm³/mol. The minimum atomic E-state index is -0.160. The van der Waals surface area contributed by atoms with Crippen molar-refractivity contribution in [3.05, 3.63) is 29.6 Å². The molecule has 76 valence electrons. The average Bonchev–Trinajstić information content (AvgIpc) is 3.00. The van der Waals surface area contributed by atoms with Crippen molar-refractivity contribution in [3.8, 4) is 0 Å². The van der Waals surface area contributed by atoms with E-state index in [9.17, 15) is 4.39 Å². The first kappa shape index (κ1) is 9.97. The molecule has 0 amide bonds. The Morgan fingerprint density at radius 1 is 1.50 bits per heavy atom. The molecule has 1 aromatic rings. The lowest BCUT2D eigenvalue weighted by Gasteiger charge is -2.21. The van der Waals surface area contributed by atoms with E-state index in [1.807, 2.05) is 6.07 Å². The molecular formula is C11H13BrFN. The van der Waals surface area contributed by atoms with Crippen molar-refractivity contribution in [2.75, 3.05) is 11.9 Å². The molecule has 0 aromatic heterocycles. The summed E-state index contributed by atoms with van der Waals surface area (Å²) in [6.07, 6.45) is 2.52. The molecule has 0 saturated heterocycles.